The summed E-state index contributed by atoms with van der Waals surface area (Å²) in [5.41, 5.74) is -0.807. The Labute approximate surface area is 95.5 Å². The number of hydrazone groups is 1. The van der Waals surface area contributed by atoms with E-state index in [1.54, 1.807) is 6.26 Å². The van der Waals surface area contributed by atoms with Crippen molar-refractivity contribution in [2.75, 3.05) is 13.3 Å². The van der Waals surface area contributed by atoms with Gasteiger partial charge >= 0.3 is 6.09 Å². The van der Waals surface area contributed by atoms with Gasteiger partial charge in [0.25, 0.3) is 0 Å². The zero-order chi connectivity index (χ0) is 12.0. The molecule has 0 fully saturated rings. The van der Waals surface area contributed by atoms with Gasteiger partial charge < -0.3 is 4.74 Å². The molecule has 0 saturated carbocycles. The molecule has 0 aliphatic carbocycles. The number of hydrogen-bond donors (Lipinski definition) is 0. The molecule has 1 unspecified atom stereocenters. The van der Waals surface area contributed by atoms with Gasteiger partial charge in [0.05, 0.1) is 5.10 Å². The van der Waals surface area contributed by atoms with Crippen LogP contribution in [0, 0.1) is 10.1 Å². The van der Waals surface area contributed by atoms with Crippen LogP contribution in [-0.4, -0.2) is 40.1 Å². The Kier molecular flexibility index (Phi) is 6.02. The highest BCUT2D eigenvalue weighted by molar-refractivity contribution is 8.13. The van der Waals surface area contributed by atoms with Crippen molar-refractivity contribution in [3.8, 4) is 0 Å². The number of carbonyl (C=O) groups is 1. The molecule has 1 amide bonds. The Balaban J connectivity index is 4.58. The monoisotopic (exact) mass is 255 g/mol. The van der Waals surface area contributed by atoms with Crippen molar-refractivity contribution in [1.29, 1.82) is 0 Å². The fourth-order valence-corrected chi connectivity index (χ4v) is 1.18. The molecule has 0 aromatic rings. The van der Waals surface area contributed by atoms with E-state index in [1.165, 1.54) is 14.0 Å². The summed E-state index contributed by atoms with van der Waals surface area (Å²) in [6, 6.07) is 0. The molecule has 0 N–H and O–H groups in total. The minimum Gasteiger partial charge on any atom is -0.430 e. The van der Waals surface area contributed by atoms with Gasteiger partial charge in [-0.1, -0.05) is 23.4 Å². The molecule has 0 bridgehead atoms. The molecular weight excluding hydrogens is 246 g/mol. The largest absolute Gasteiger partial charge is 0.430 e. The second kappa shape index (κ2) is 6.46. The number of hydrogen-bond acceptors (Lipinski definition) is 5. The van der Waals surface area contributed by atoms with Crippen molar-refractivity contribution in [3.05, 3.63) is 10.1 Å². The highest BCUT2D eigenvalue weighted by atomic mass is 35.5. The zero-order valence-electron chi connectivity index (χ0n) is 8.34. The molecule has 86 valence electrons. The van der Waals surface area contributed by atoms with Gasteiger partial charge in [0, 0.05) is 7.05 Å². The standard InChI is InChI=1S/C6H10ClN3O4S/c1-4(7)14-6(11)9(2)5(15-3)8-10(12)13/h4H,1-3H3/b8-5-. The number of amides is 1. The van der Waals surface area contributed by atoms with Crippen LogP contribution in [0.25, 0.3) is 0 Å². The first-order chi connectivity index (χ1) is 6.88. The van der Waals surface area contributed by atoms with E-state index < -0.39 is 16.7 Å². The van der Waals surface area contributed by atoms with Crippen LogP contribution in [0.4, 0.5) is 4.79 Å². The van der Waals surface area contributed by atoms with Crippen molar-refractivity contribution in [1.82, 2.24) is 4.90 Å². The molecule has 0 rings (SSSR count). The van der Waals surface area contributed by atoms with Crippen LogP contribution in [-0.2, 0) is 4.74 Å². The van der Waals surface area contributed by atoms with Crippen LogP contribution in [0.3, 0.4) is 0 Å². The molecule has 0 aliphatic heterocycles. The number of alkyl halides is 1. The predicted octanol–water partition coefficient (Wildman–Crippen LogP) is 1.55. The fourth-order valence-electron chi connectivity index (χ4n) is 0.611. The minimum atomic E-state index is -0.889. The first-order valence-corrected chi connectivity index (χ1v) is 5.40. The van der Waals surface area contributed by atoms with E-state index in [-0.39, 0.29) is 5.17 Å². The summed E-state index contributed by atoms with van der Waals surface area (Å²) in [7, 11) is 1.31. The SMILES string of the molecule is CS/C(=N\[N+](=O)[O-])N(C)C(=O)OC(C)Cl. The van der Waals surface area contributed by atoms with Crippen molar-refractivity contribution < 1.29 is 14.6 Å². The molecule has 0 radical (unpaired) electrons. The van der Waals surface area contributed by atoms with E-state index in [4.69, 9.17) is 11.6 Å². The van der Waals surface area contributed by atoms with Crippen molar-refractivity contribution >= 4 is 34.6 Å². The van der Waals surface area contributed by atoms with Crippen LogP contribution >= 0.6 is 23.4 Å². The van der Waals surface area contributed by atoms with Crippen LogP contribution in [0.5, 0.6) is 0 Å². The summed E-state index contributed by atoms with van der Waals surface area (Å²) in [5.74, 6) is 0. The van der Waals surface area contributed by atoms with Gasteiger partial charge in [0.2, 0.25) is 5.17 Å². The van der Waals surface area contributed by atoms with E-state index in [0.717, 1.165) is 16.7 Å². The molecule has 1 atom stereocenters. The van der Waals surface area contributed by atoms with Gasteiger partial charge in [-0.15, -0.1) is 0 Å². The second-order valence-corrected chi connectivity index (χ2v) is 3.70. The fraction of sp³-hybridized carbons (Fsp3) is 0.667. The van der Waals surface area contributed by atoms with E-state index >= 15 is 0 Å². The minimum absolute atomic E-state index is 0.0812. The predicted molar refractivity (Wildman–Crippen MR) is 57.5 cm³/mol. The van der Waals surface area contributed by atoms with Gasteiger partial charge in [0.1, 0.15) is 0 Å². The Hall–Kier alpha value is -1.02. The van der Waals surface area contributed by atoms with Crippen LogP contribution in [0.1, 0.15) is 6.92 Å². The smallest absolute Gasteiger partial charge is 0.417 e. The quantitative estimate of drug-likeness (QED) is 0.246. The number of nitro groups is 1. The second-order valence-electron chi connectivity index (χ2n) is 2.31. The molecule has 9 heteroatoms. The number of rotatable bonds is 2. The third-order valence-electron chi connectivity index (χ3n) is 1.17. The van der Waals surface area contributed by atoms with Gasteiger partial charge in [-0.25, -0.2) is 14.9 Å². The van der Waals surface area contributed by atoms with E-state index in [1.807, 2.05) is 0 Å². The summed E-state index contributed by atoms with van der Waals surface area (Å²) in [5, 5.41) is 12.2. The van der Waals surface area contributed by atoms with Gasteiger partial charge in [-0.05, 0) is 13.2 Å². The summed E-state index contributed by atoms with van der Waals surface area (Å²) < 4.78 is 4.61. The first-order valence-electron chi connectivity index (χ1n) is 3.74. The van der Waals surface area contributed by atoms with E-state index in [9.17, 15) is 14.9 Å². The number of halogens is 1. The molecule has 15 heavy (non-hydrogen) atoms. The summed E-state index contributed by atoms with van der Waals surface area (Å²) >= 11 is 6.37. The lowest BCUT2D eigenvalue weighted by molar-refractivity contribution is -0.485. The van der Waals surface area contributed by atoms with Gasteiger partial charge in [-0.3, -0.25) is 4.90 Å². The lowest BCUT2D eigenvalue weighted by atomic mass is 10.8. The Morgan fingerprint density at radius 3 is 2.60 bits per heavy atom. The maximum atomic E-state index is 11.2. The highest BCUT2D eigenvalue weighted by Gasteiger charge is 2.20. The summed E-state index contributed by atoms with van der Waals surface area (Å²) in [6.45, 7) is 1.46. The molecule has 0 aromatic carbocycles. The molecule has 0 heterocycles. The van der Waals surface area contributed by atoms with Crippen LogP contribution < -0.4 is 0 Å². The first kappa shape index (κ1) is 14.0. The van der Waals surface area contributed by atoms with Crippen LogP contribution in [0.2, 0.25) is 0 Å². The van der Waals surface area contributed by atoms with E-state index in [0.29, 0.717) is 0 Å². The lowest BCUT2D eigenvalue weighted by Gasteiger charge is -2.15. The molecular formula is C6H10ClN3O4S. The normalized spacial score (nSPS) is 13.2. The maximum Gasteiger partial charge on any atom is 0.417 e. The Morgan fingerprint density at radius 2 is 2.27 bits per heavy atom. The average molecular weight is 256 g/mol. The Bertz CT molecular complexity index is 284. The average Bonchev–Trinajstić information content (AvgIpc) is 2.11. The molecule has 0 aliphatic rings. The molecule has 0 aromatic heterocycles. The van der Waals surface area contributed by atoms with Crippen molar-refractivity contribution in [3.63, 3.8) is 0 Å². The topological polar surface area (TPSA) is 85.0 Å². The molecule has 0 saturated heterocycles. The number of nitrogens with zero attached hydrogens (tertiary/aromatic N) is 3. The van der Waals surface area contributed by atoms with Crippen molar-refractivity contribution in [2.24, 2.45) is 5.10 Å². The summed E-state index contributed by atoms with van der Waals surface area (Å²) in [6.07, 6.45) is 0.753. The number of carbonyl (C=O) groups excluding carboxylic acids is 1. The van der Waals surface area contributed by atoms with Gasteiger partial charge in [-0.2, -0.15) is 0 Å². The maximum absolute atomic E-state index is 11.2. The van der Waals surface area contributed by atoms with Gasteiger partial charge in [0.15, 0.2) is 10.6 Å². The number of amidine groups is 1. The molecule has 0 spiro atoms. The third-order valence-corrected chi connectivity index (χ3v) is 1.98. The van der Waals surface area contributed by atoms with E-state index in [2.05, 4.69) is 9.84 Å². The number of thioether (sulfide) groups is 1. The Morgan fingerprint density at radius 1 is 1.73 bits per heavy atom. The highest BCUT2D eigenvalue weighted by Crippen LogP contribution is 2.07. The van der Waals surface area contributed by atoms with Crippen molar-refractivity contribution in [2.45, 2.75) is 12.5 Å². The number of ether oxygens (including phenoxy) is 1. The third kappa shape index (κ3) is 5.43. The van der Waals surface area contributed by atoms with Crippen LogP contribution in [0.15, 0.2) is 5.10 Å². The summed E-state index contributed by atoms with van der Waals surface area (Å²) in [4.78, 5) is 22.3. The zero-order valence-corrected chi connectivity index (χ0v) is 9.91. The lowest BCUT2D eigenvalue weighted by Crippen LogP contribution is -2.33. The molecule has 7 nitrogen and oxygen atoms in total.